The summed E-state index contributed by atoms with van der Waals surface area (Å²) >= 11 is 11.9. The largest absolute Gasteiger partial charge is 0.387 e. The minimum absolute atomic E-state index is 0.165. The number of aliphatic hydroxyl groups excluding tert-OH is 1. The van der Waals surface area contributed by atoms with Gasteiger partial charge in [-0.05, 0) is 36.6 Å². The van der Waals surface area contributed by atoms with Crippen LogP contribution >= 0.6 is 23.2 Å². The first-order valence-electron chi connectivity index (χ1n) is 4.32. The Labute approximate surface area is 93.6 Å². The second-order valence-electron chi connectivity index (χ2n) is 3.26. The normalized spacial score (nSPS) is 13.0. The Balaban J connectivity index is 3.39. The van der Waals surface area contributed by atoms with Crippen molar-refractivity contribution < 1.29 is 5.11 Å². The molecule has 2 nitrogen and oxygen atoms in total. The summed E-state index contributed by atoms with van der Waals surface area (Å²) < 4.78 is 0. The maximum Gasteiger partial charge on any atom is 0.0918 e. The quantitative estimate of drug-likeness (QED) is 0.826. The molecule has 0 aromatic heterocycles. The van der Waals surface area contributed by atoms with Crippen LogP contribution in [0.4, 0.5) is 0 Å². The highest BCUT2D eigenvalue weighted by atomic mass is 35.5. The topological polar surface area (TPSA) is 46.2 Å². The van der Waals surface area contributed by atoms with Crippen LogP contribution in [0.1, 0.15) is 22.8 Å². The Kier molecular flexibility index (Phi) is 3.78. The third-order valence-corrected chi connectivity index (χ3v) is 3.12. The minimum atomic E-state index is -0.703. The smallest absolute Gasteiger partial charge is 0.0918 e. The van der Waals surface area contributed by atoms with Crippen molar-refractivity contribution in [1.29, 1.82) is 0 Å². The SMILES string of the molecule is Cc1c(Cl)cc(Cl)c(C)c1C(O)CN. The van der Waals surface area contributed by atoms with Gasteiger partial charge in [0.25, 0.3) is 0 Å². The molecule has 0 heterocycles. The van der Waals surface area contributed by atoms with E-state index in [-0.39, 0.29) is 6.54 Å². The zero-order valence-corrected chi connectivity index (χ0v) is 9.65. The maximum atomic E-state index is 9.70. The Morgan fingerprint density at radius 1 is 1.29 bits per heavy atom. The Morgan fingerprint density at radius 2 is 1.71 bits per heavy atom. The number of rotatable bonds is 2. The Bertz CT molecular complexity index is 326. The van der Waals surface area contributed by atoms with E-state index in [1.54, 1.807) is 6.07 Å². The summed E-state index contributed by atoms with van der Waals surface area (Å²) in [6.07, 6.45) is -0.703. The molecule has 1 aromatic rings. The molecule has 14 heavy (non-hydrogen) atoms. The molecule has 0 saturated heterocycles. The third kappa shape index (κ3) is 2.04. The monoisotopic (exact) mass is 233 g/mol. The molecule has 1 aromatic carbocycles. The average Bonchev–Trinajstić information content (AvgIpc) is 2.15. The summed E-state index contributed by atoms with van der Waals surface area (Å²) in [5.41, 5.74) is 7.83. The lowest BCUT2D eigenvalue weighted by molar-refractivity contribution is 0.185. The molecule has 78 valence electrons. The Morgan fingerprint density at radius 3 is 2.07 bits per heavy atom. The van der Waals surface area contributed by atoms with Crippen LogP contribution in [0.2, 0.25) is 10.0 Å². The van der Waals surface area contributed by atoms with Crippen LogP contribution in [0.5, 0.6) is 0 Å². The average molecular weight is 234 g/mol. The molecule has 4 heteroatoms. The minimum Gasteiger partial charge on any atom is -0.387 e. The van der Waals surface area contributed by atoms with Gasteiger partial charge < -0.3 is 10.8 Å². The number of hydrogen-bond acceptors (Lipinski definition) is 2. The van der Waals surface area contributed by atoms with Crippen molar-refractivity contribution in [3.05, 3.63) is 32.8 Å². The van der Waals surface area contributed by atoms with Gasteiger partial charge in [0.2, 0.25) is 0 Å². The van der Waals surface area contributed by atoms with Gasteiger partial charge in [-0.25, -0.2) is 0 Å². The lowest BCUT2D eigenvalue weighted by Crippen LogP contribution is -2.14. The highest BCUT2D eigenvalue weighted by Gasteiger charge is 2.16. The molecule has 0 fully saturated rings. The van der Waals surface area contributed by atoms with Crippen molar-refractivity contribution >= 4 is 23.2 Å². The second kappa shape index (κ2) is 4.49. The van der Waals surface area contributed by atoms with E-state index in [1.807, 2.05) is 13.8 Å². The highest BCUT2D eigenvalue weighted by molar-refractivity contribution is 6.35. The van der Waals surface area contributed by atoms with Gasteiger partial charge in [-0.2, -0.15) is 0 Å². The first kappa shape index (κ1) is 11.8. The molecule has 0 radical (unpaired) electrons. The van der Waals surface area contributed by atoms with Gasteiger partial charge in [0, 0.05) is 16.6 Å². The van der Waals surface area contributed by atoms with Crippen LogP contribution in [-0.2, 0) is 0 Å². The molecule has 0 aliphatic heterocycles. The van der Waals surface area contributed by atoms with Gasteiger partial charge in [-0.15, -0.1) is 0 Å². The number of hydrogen-bond donors (Lipinski definition) is 2. The highest BCUT2D eigenvalue weighted by Crippen LogP contribution is 2.32. The zero-order valence-electron chi connectivity index (χ0n) is 8.14. The lowest BCUT2D eigenvalue weighted by Gasteiger charge is -2.17. The molecule has 0 aliphatic carbocycles. The van der Waals surface area contributed by atoms with Gasteiger partial charge >= 0.3 is 0 Å². The van der Waals surface area contributed by atoms with Crippen molar-refractivity contribution in [3.63, 3.8) is 0 Å². The fourth-order valence-electron chi connectivity index (χ4n) is 1.48. The molecule has 1 unspecified atom stereocenters. The summed E-state index contributed by atoms with van der Waals surface area (Å²) in [5.74, 6) is 0. The van der Waals surface area contributed by atoms with E-state index in [0.29, 0.717) is 10.0 Å². The fourth-order valence-corrected chi connectivity index (χ4v) is 1.96. The number of aliphatic hydroxyl groups is 1. The molecule has 0 saturated carbocycles. The lowest BCUT2D eigenvalue weighted by atomic mass is 9.98. The van der Waals surface area contributed by atoms with Gasteiger partial charge in [0.15, 0.2) is 0 Å². The van der Waals surface area contributed by atoms with Gasteiger partial charge in [-0.3, -0.25) is 0 Å². The molecule has 0 aliphatic rings. The molecule has 0 bridgehead atoms. The molecule has 1 rings (SSSR count). The number of halogens is 2. The van der Waals surface area contributed by atoms with Crippen LogP contribution in [-0.4, -0.2) is 11.7 Å². The molecule has 0 amide bonds. The van der Waals surface area contributed by atoms with Gasteiger partial charge in [0.1, 0.15) is 0 Å². The van der Waals surface area contributed by atoms with E-state index in [2.05, 4.69) is 0 Å². The van der Waals surface area contributed by atoms with Crippen LogP contribution in [0.15, 0.2) is 6.07 Å². The van der Waals surface area contributed by atoms with Crippen molar-refractivity contribution in [1.82, 2.24) is 0 Å². The van der Waals surface area contributed by atoms with E-state index in [1.165, 1.54) is 0 Å². The predicted octanol–water partition coefficient (Wildman–Crippen LogP) is 2.60. The summed E-state index contributed by atoms with van der Waals surface area (Å²) in [7, 11) is 0. The third-order valence-electron chi connectivity index (χ3n) is 2.33. The number of nitrogens with two attached hydrogens (primary N) is 1. The van der Waals surface area contributed by atoms with Crippen molar-refractivity contribution in [2.45, 2.75) is 20.0 Å². The van der Waals surface area contributed by atoms with Gasteiger partial charge in [-0.1, -0.05) is 23.2 Å². The molecular weight excluding hydrogens is 221 g/mol. The second-order valence-corrected chi connectivity index (χ2v) is 4.07. The molecule has 1 atom stereocenters. The predicted molar refractivity (Wildman–Crippen MR) is 60.0 cm³/mol. The molecule has 3 N–H and O–H groups in total. The van der Waals surface area contributed by atoms with E-state index in [4.69, 9.17) is 28.9 Å². The van der Waals surface area contributed by atoms with E-state index in [0.717, 1.165) is 16.7 Å². The Hall–Kier alpha value is -0.280. The van der Waals surface area contributed by atoms with E-state index >= 15 is 0 Å². The summed E-state index contributed by atoms with van der Waals surface area (Å²) in [5, 5.41) is 10.8. The van der Waals surface area contributed by atoms with Crippen LogP contribution in [0.25, 0.3) is 0 Å². The summed E-state index contributed by atoms with van der Waals surface area (Å²) in [4.78, 5) is 0. The van der Waals surface area contributed by atoms with E-state index in [9.17, 15) is 5.11 Å². The van der Waals surface area contributed by atoms with Crippen LogP contribution in [0, 0.1) is 13.8 Å². The molecule has 0 spiro atoms. The van der Waals surface area contributed by atoms with Crippen molar-refractivity contribution in [3.8, 4) is 0 Å². The number of benzene rings is 1. The summed E-state index contributed by atoms with van der Waals surface area (Å²) in [6.45, 7) is 3.86. The zero-order chi connectivity index (χ0) is 10.9. The fraction of sp³-hybridized carbons (Fsp3) is 0.400. The summed E-state index contributed by atoms with van der Waals surface area (Å²) in [6, 6.07) is 1.68. The van der Waals surface area contributed by atoms with Crippen molar-refractivity contribution in [2.24, 2.45) is 5.73 Å². The van der Waals surface area contributed by atoms with Crippen LogP contribution in [0.3, 0.4) is 0 Å². The van der Waals surface area contributed by atoms with Crippen molar-refractivity contribution in [2.75, 3.05) is 6.54 Å². The van der Waals surface area contributed by atoms with Gasteiger partial charge in [0.05, 0.1) is 6.10 Å². The van der Waals surface area contributed by atoms with E-state index < -0.39 is 6.10 Å². The first-order chi connectivity index (χ1) is 6.49. The van der Waals surface area contributed by atoms with Crippen LogP contribution < -0.4 is 5.73 Å². The maximum absolute atomic E-state index is 9.70. The molecular formula is C10H13Cl2NO. The first-order valence-corrected chi connectivity index (χ1v) is 5.07. The standard InChI is InChI=1S/C10H13Cl2NO/c1-5-7(11)3-8(12)6(2)10(5)9(14)4-13/h3,9,14H,4,13H2,1-2H3.